The van der Waals surface area contributed by atoms with Crippen molar-refractivity contribution < 1.29 is 13.6 Å². The molecule has 1 amide bonds. The number of nitrogens with zero attached hydrogens (tertiary/aromatic N) is 1. The summed E-state index contributed by atoms with van der Waals surface area (Å²) in [6.07, 6.45) is 1.52. The molecule has 0 saturated carbocycles. The van der Waals surface area contributed by atoms with E-state index in [9.17, 15) is 13.6 Å². The fourth-order valence-corrected chi connectivity index (χ4v) is 3.48. The van der Waals surface area contributed by atoms with Crippen molar-refractivity contribution in [3.8, 4) is 0 Å². The first-order chi connectivity index (χ1) is 13.0. The second kappa shape index (κ2) is 9.14. The Labute approximate surface area is 166 Å². The van der Waals surface area contributed by atoms with Gasteiger partial charge in [-0.25, -0.2) is 0 Å². The highest BCUT2D eigenvalue weighted by molar-refractivity contribution is 7.99. The minimum absolute atomic E-state index is 0.171. The van der Waals surface area contributed by atoms with Gasteiger partial charge < -0.3 is 15.5 Å². The summed E-state index contributed by atoms with van der Waals surface area (Å²) in [4.78, 5) is 14.1. The molecule has 27 heavy (non-hydrogen) atoms. The lowest BCUT2D eigenvalue weighted by Gasteiger charge is -2.16. The van der Waals surface area contributed by atoms with Gasteiger partial charge in [0.15, 0.2) is 5.11 Å². The number of halogens is 2. The zero-order chi connectivity index (χ0) is 19.2. The van der Waals surface area contributed by atoms with Crippen molar-refractivity contribution in [3.05, 3.63) is 54.1 Å². The lowest BCUT2D eigenvalue weighted by atomic mass is 10.2. The molecular formula is C19H19F2N3OS2. The van der Waals surface area contributed by atoms with Crippen LogP contribution in [0, 0.1) is 0 Å². The number of thioether (sulfide) groups is 1. The first-order valence-electron chi connectivity index (χ1n) is 8.50. The number of thiocarbonyl (C=S) groups is 1. The van der Waals surface area contributed by atoms with Gasteiger partial charge in [-0.1, -0.05) is 23.9 Å². The van der Waals surface area contributed by atoms with E-state index in [1.165, 1.54) is 0 Å². The SMILES string of the molecule is O=C1CCCN1c1ccc(CNC(=S)Nc2ccc(SC(F)F)cc2)cc1. The van der Waals surface area contributed by atoms with Crippen LogP contribution in [0.5, 0.6) is 0 Å². The van der Waals surface area contributed by atoms with Crippen LogP contribution in [0.2, 0.25) is 0 Å². The van der Waals surface area contributed by atoms with Crippen molar-refractivity contribution in [2.24, 2.45) is 0 Å². The van der Waals surface area contributed by atoms with Gasteiger partial charge in [-0.05, 0) is 60.6 Å². The Morgan fingerprint density at radius 2 is 1.85 bits per heavy atom. The highest BCUT2D eigenvalue weighted by Crippen LogP contribution is 2.26. The van der Waals surface area contributed by atoms with Gasteiger partial charge in [0, 0.05) is 35.8 Å². The first-order valence-corrected chi connectivity index (χ1v) is 9.79. The lowest BCUT2D eigenvalue weighted by molar-refractivity contribution is -0.117. The molecule has 3 rings (SSSR count). The maximum Gasteiger partial charge on any atom is 0.288 e. The van der Waals surface area contributed by atoms with Crippen LogP contribution >= 0.6 is 24.0 Å². The number of nitrogens with one attached hydrogen (secondary N) is 2. The fraction of sp³-hybridized carbons (Fsp3) is 0.263. The van der Waals surface area contributed by atoms with E-state index in [-0.39, 0.29) is 5.91 Å². The van der Waals surface area contributed by atoms with Crippen molar-refractivity contribution in [1.29, 1.82) is 0 Å². The Morgan fingerprint density at radius 1 is 1.15 bits per heavy atom. The molecule has 0 radical (unpaired) electrons. The number of amides is 1. The number of benzene rings is 2. The first kappa shape index (κ1) is 19.6. The summed E-state index contributed by atoms with van der Waals surface area (Å²) >= 11 is 5.78. The number of carbonyl (C=O) groups is 1. The van der Waals surface area contributed by atoms with E-state index in [0.717, 1.165) is 29.9 Å². The van der Waals surface area contributed by atoms with E-state index in [1.807, 2.05) is 24.3 Å². The highest BCUT2D eigenvalue weighted by Gasteiger charge is 2.21. The molecule has 1 saturated heterocycles. The van der Waals surface area contributed by atoms with Crippen molar-refractivity contribution in [1.82, 2.24) is 5.32 Å². The molecule has 0 unspecified atom stereocenters. The number of anilines is 2. The van der Waals surface area contributed by atoms with Crippen LogP contribution in [0.1, 0.15) is 18.4 Å². The molecule has 142 valence electrons. The number of hydrogen-bond donors (Lipinski definition) is 2. The molecule has 0 aliphatic carbocycles. The Balaban J connectivity index is 1.48. The van der Waals surface area contributed by atoms with Crippen molar-refractivity contribution in [2.75, 3.05) is 16.8 Å². The zero-order valence-corrected chi connectivity index (χ0v) is 16.1. The molecule has 2 N–H and O–H groups in total. The summed E-state index contributed by atoms with van der Waals surface area (Å²) in [5.41, 5.74) is 2.69. The third-order valence-corrected chi connectivity index (χ3v) is 5.08. The Bertz CT molecular complexity index is 798. The van der Waals surface area contributed by atoms with Crippen molar-refractivity contribution in [3.63, 3.8) is 0 Å². The second-order valence-corrected chi connectivity index (χ2v) is 7.50. The van der Waals surface area contributed by atoms with Crippen molar-refractivity contribution >= 4 is 46.4 Å². The summed E-state index contributed by atoms with van der Waals surface area (Å²) in [6.45, 7) is 1.32. The maximum absolute atomic E-state index is 12.3. The zero-order valence-electron chi connectivity index (χ0n) is 14.5. The van der Waals surface area contributed by atoms with Gasteiger partial charge in [-0.15, -0.1) is 0 Å². The van der Waals surface area contributed by atoms with Crippen LogP contribution in [0.15, 0.2) is 53.4 Å². The van der Waals surface area contributed by atoms with Gasteiger partial charge >= 0.3 is 0 Å². The second-order valence-electron chi connectivity index (χ2n) is 6.03. The molecule has 1 aliphatic heterocycles. The van der Waals surface area contributed by atoms with E-state index >= 15 is 0 Å². The Hall–Kier alpha value is -2.19. The highest BCUT2D eigenvalue weighted by atomic mass is 32.2. The van der Waals surface area contributed by atoms with Crippen LogP contribution in [-0.4, -0.2) is 23.3 Å². The van der Waals surface area contributed by atoms with Crippen LogP contribution in [0.4, 0.5) is 20.2 Å². The van der Waals surface area contributed by atoms with Gasteiger partial charge in [-0.3, -0.25) is 4.79 Å². The monoisotopic (exact) mass is 407 g/mol. The van der Waals surface area contributed by atoms with Gasteiger partial charge in [0.05, 0.1) is 0 Å². The van der Waals surface area contributed by atoms with E-state index < -0.39 is 5.76 Å². The van der Waals surface area contributed by atoms with E-state index in [4.69, 9.17) is 12.2 Å². The topological polar surface area (TPSA) is 44.4 Å². The minimum atomic E-state index is -2.43. The largest absolute Gasteiger partial charge is 0.358 e. The smallest absolute Gasteiger partial charge is 0.288 e. The molecule has 1 heterocycles. The molecule has 0 spiro atoms. The molecular weight excluding hydrogens is 388 g/mol. The number of hydrogen-bond acceptors (Lipinski definition) is 3. The normalized spacial score (nSPS) is 13.9. The molecule has 0 atom stereocenters. The Kier molecular flexibility index (Phi) is 6.63. The molecule has 0 bridgehead atoms. The van der Waals surface area contributed by atoms with E-state index in [2.05, 4.69) is 10.6 Å². The van der Waals surface area contributed by atoms with Crippen molar-refractivity contribution in [2.45, 2.75) is 30.0 Å². The molecule has 0 aromatic heterocycles. The summed E-state index contributed by atoms with van der Waals surface area (Å²) in [6, 6.07) is 14.5. The molecule has 2 aromatic carbocycles. The summed E-state index contributed by atoms with van der Waals surface area (Å²) < 4.78 is 24.6. The van der Waals surface area contributed by atoms with Crippen LogP contribution in [0.3, 0.4) is 0 Å². The number of rotatable bonds is 6. The average Bonchev–Trinajstić information content (AvgIpc) is 3.08. The van der Waals surface area contributed by atoms with Crippen LogP contribution in [0.25, 0.3) is 0 Å². The molecule has 1 aliphatic rings. The number of alkyl halides is 2. The van der Waals surface area contributed by atoms with Crippen LogP contribution in [-0.2, 0) is 11.3 Å². The minimum Gasteiger partial charge on any atom is -0.358 e. The van der Waals surface area contributed by atoms with E-state index in [0.29, 0.717) is 34.7 Å². The summed E-state index contributed by atoms with van der Waals surface area (Å²) in [7, 11) is 0. The molecule has 8 heteroatoms. The molecule has 1 fully saturated rings. The van der Waals surface area contributed by atoms with Gasteiger partial charge in [0.2, 0.25) is 5.91 Å². The number of carbonyl (C=O) groups excluding carboxylic acids is 1. The standard InChI is InChI=1S/C19H19F2N3OS2/c20-18(21)27-16-9-5-14(6-10-16)23-19(26)22-12-13-3-7-15(8-4-13)24-11-1-2-17(24)25/h3-10,18H,1-2,11-12H2,(H2,22,23,26). The predicted molar refractivity (Wildman–Crippen MR) is 109 cm³/mol. The predicted octanol–water partition coefficient (Wildman–Crippen LogP) is 4.61. The van der Waals surface area contributed by atoms with Gasteiger partial charge in [0.25, 0.3) is 5.76 Å². The molecule has 2 aromatic rings. The summed E-state index contributed by atoms with van der Waals surface area (Å²) in [5, 5.41) is 6.58. The molecule has 4 nitrogen and oxygen atoms in total. The van der Waals surface area contributed by atoms with E-state index in [1.54, 1.807) is 29.2 Å². The third kappa shape index (κ3) is 5.64. The third-order valence-electron chi connectivity index (χ3n) is 4.11. The maximum atomic E-state index is 12.3. The van der Waals surface area contributed by atoms with Gasteiger partial charge in [0.1, 0.15) is 0 Å². The Morgan fingerprint density at radius 3 is 2.44 bits per heavy atom. The average molecular weight is 408 g/mol. The quantitative estimate of drug-likeness (QED) is 0.541. The lowest BCUT2D eigenvalue weighted by Crippen LogP contribution is -2.28. The van der Waals surface area contributed by atoms with Crippen LogP contribution < -0.4 is 15.5 Å². The summed E-state index contributed by atoms with van der Waals surface area (Å²) in [5.74, 6) is -2.26. The van der Waals surface area contributed by atoms with Gasteiger partial charge in [-0.2, -0.15) is 8.78 Å². The fourth-order valence-electron chi connectivity index (χ4n) is 2.79.